The molecule has 0 unspecified atom stereocenters. The lowest BCUT2D eigenvalue weighted by molar-refractivity contribution is -0.144. The number of carboxylic acids is 1. The number of carbonyl (C=O) groups is 4. The van der Waals surface area contributed by atoms with E-state index in [0.717, 1.165) is 5.56 Å². The smallest absolute Gasteiger partial charge is 0.408 e. The van der Waals surface area contributed by atoms with E-state index in [0.29, 0.717) is 5.56 Å². The zero-order valence-electron chi connectivity index (χ0n) is 15.5. The van der Waals surface area contributed by atoms with Gasteiger partial charge in [0.15, 0.2) is 11.5 Å². The maximum atomic E-state index is 12.1. The molecule has 0 radical (unpaired) electrons. The molecule has 29 heavy (non-hydrogen) atoms. The summed E-state index contributed by atoms with van der Waals surface area (Å²) >= 11 is 0. The molecule has 0 spiro atoms. The van der Waals surface area contributed by atoms with Gasteiger partial charge in [0.05, 0.1) is 0 Å². The fourth-order valence-corrected chi connectivity index (χ4v) is 2.52. The van der Waals surface area contributed by atoms with E-state index in [1.807, 2.05) is 6.07 Å². The van der Waals surface area contributed by atoms with Crippen LogP contribution in [-0.4, -0.2) is 35.7 Å². The Kier molecular flexibility index (Phi) is 7.30. The Hall–Kier alpha value is -3.88. The molecule has 9 nitrogen and oxygen atoms in total. The Balaban J connectivity index is 2.12. The average Bonchev–Trinajstić information content (AvgIpc) is 2.69. The quantitative estimate of drug-likeness (QED) is 0.579. The van der Waals surface area contributed by atoms with Gasteiger partial charge in [-0.2, -0.15) is 0 Å². The molecular formula is C20H19NO8. The lowest BCUT2D eigenvalue weighted by atomic mass is 9.93. The Bertz CT molecular complexity index is 883. The maximum absolute atomic E-state index is 12.1. The molecule has 0 bridgehead atoms. The zero-order chi connectivity index (χ0) is 21.3. The summed E-state index contributed by atoms with van der Waals surface area (Å²) in [6.45, 7) is 1.61. The van der Waals surface area contributed by atoms with Crippen LogP contribution in [-0.2, 0) is 32.1 Å². The van der Waals surface area contributed by atoms with Crippen molar-refractivity contribution in [2.45, 2.75) is 25.5 Å². The summed E-state index contributed by atoms with van der Waals surface area (Å²) in [5.41, 5.74) is -0.548. The fraction of sp³-hybridized carbons (Fsp3) is 0.200. The van der Waals surface area contributed by atoms with Crippen LogP contribution >= 0.6 is 0 Å². The molecule has 2 rings (SSSR count). The molecule has 0 aromatic heterocycles. The van der Waals surface area contributed by atoms with Gasteiger partial charge in [0, 0.05) is 6.42 Å². The van der Waals surface area contributed by atoms with Crippen molar-refractivity contribution in [3.63, 3.8) is 0 Å². The molecule has 1 amide bonds. The van der Waals surface area contributed by atoms with Crippen LogP contribution < -0.4 is 14.8 Å². The van der Waals surface area contributed by atoms with Gasteiger partial charge in [0.1, 0.15) is 12.1 Å². The van der Waals surface area contributed by atoms with E-state index in [-0.39, 0.29) is 37.5 Å². The normalized spacial score (nSPS) is 12.2. The number of ether oxygens (including phenoxy) is 3. The van der Waals surface area contributed by atoms with Gasteiger partial charge in [0.2, 0.25) is 0 Å². The van der Waals surface area contributed by atoms with Crippen LogP contribution in [0.15, 0.2) is 48.5 Å². The van der Waals surface area contributed by atoms with Crippen molar-refractivity contribution in [2.24, 2.45) is 0 Å². The summed E-state index contributed by atoms with van der Waals surface area (Å²) in [6.07, 6.45) is -1.05. The van der Waals surface area contributed by atoms with Crippen LogP contribution in [0.1, 0.15) is 18.1 Å². The summed E-state index contributed by atoms with van der Waals surface area (Å²) < 4.78 is 14.5. The van der Waals surface area contributed by atoms with Crippen molar-refractivity contribution in [2.75, 3.05) is 0 Å². The zero-order valence-corrected chi connectivity index (χ0v) is 15.5. The van der Waals surface area contributed by atoms with Crippen LogP contribution in [0.25, 0.3) is 0 Å². The molecule has 0 saturated carbocycles. The molecule has 0 saturated heterocycles. The third-order valence-corrected chi connectivity index (χ3v) is 3.98. The summed E-state index contributed by atoms with van der Waals surface area (Å²) in [7, 11) is 0. The number of carboxylic acid groups (broad SMARTS) is 1. The fourth-order valence-electron chi connectivity index (χ4n) is 2.52. The second kappa shape index (κ2) is 9.88. The maximum Gasteiger partial charge on any atom is 0.408 e. The van der Waals surface area contributed by atoms with Gasteiger partial charge in [-0.05, 0) is 30.2 Å². The van der Waals surface area contributed by atoms with E-state index in [2.05, 4.69) is 5.32 Å². The Morgan fingerprint density at radius 1 is 1.00 bits per heavy atom. The van der Waals surface area contributed by atoms with Crippen molar-refractivity contribution >= 4 is 25.0 Å². The number of carbonyl (C=O) groups excluding carboxylic acids is 3. The number of amides is 1. The van der Waals surface area contributed by atoms with Gasteiger partial charge < -0.3 is 24.6 Å². The molecule has 2 aromatic rings. The van der Waals surface area contributed by atoms with Gasteiger partial charge >= 0.3 is 12.1 Å². The Morgan fingerprint density at radius 2 is 1.66 bits per heavy atom. The van der Waals surface area contributed by atoms with E-state index >= 15 is 0 Å². The lowest BCUT2D eigenvalue weighted by Crippen LogP contribution is -2.53. The van der Waals surface area contributed by atoms with Gasteiger partial charge in [-0.1, -0.05) is 36.4 Å². The third-order valence-electron chi connectivity index (χ3n) is 3.98. The first-order valence-electron chi connectivity index (χ1n) is 8.44. The number of nitrogens with one attached hydrogen (secondary N) is 1. The van der Waals surface area contributed by atoms with Crippen molar-refractivity contribution in [3.05, 3.63) is 59.7 Å². The lowest BCUT2D eigenvalue weighted by Gasteiger charge is -2.26. The van der Waals surface area contributed by atoms with E-state index in [1.165, 1.54) is 25.1 Å². The van der Waals surface area contributed by atoms with Gasteiger partial charge in [-0.3, -0.25) is 9.59 Å². The largest absolute Gasteiger partial charge is 0.480 e. The summed E-state index contributed by atoms with van der Waals surface area (Å²) in [5, 5.41) is 12.0. The summed E-state index contributed by atoms with van der Waals surface area (Å²) in [6, 6.07) is 13.1. The van der Waals surface area contributed by atoms with E-state index in [9.17, 15) is 24.3 Å². The monoisotopic (exact) mass is 401 g/mol. The van der Waals surface area contributed by atoms with Crippen molar-refractivity contribution in [1.29, 1.82) is 0 Å². The third kappa shape index (κ3) is 6.06. The van der Waals surface area contributed by atoms with Crippen molar-refractivity contribution in [1.82, 2.24) is 5.32 Å². The minimum absolute atomic E-state index is 0.0110. The van der Waals surface area contributed by atoms with Crippen LogP contribution in [0, 0.1) is 0 Å². The number of hydrogen-bond donors (Lipinski definition) is 2. The van der Waals surface area contributed by atoms with Crippen molar-refractivity contribution in [3.8, 4) is 11.5 Å². The SMILES string of the molecule is C[C@@](Cc1ccc(OC=O)c(OC=O)c1)(NC(=O)OCc1ccccc1)C(=O)O. The molecule has 0 aliphatic carbocycles. The van der Waals surface area contributed by atoms with Gasteiger partial charge in [-0.25, -0.2) is 9.59 Å². The first kappa shape index (κ1) is 21.4. The molecule has 0 heterocycles. The number of hydrogen-bond acceptors (Lipinski definition) is 7. The number of aliphatic carboxylic acids is 1. The number of alkyl carbamates (subject to hydrolysis) is 1. The Labute approximate surface area is 166 Å². The van der Waals surface area contributed by atoms with E-state index in [1.54, 1.807) is 24.3 Å². The van der Waals surface area contributed by atoms with Crippen LogP contribution in [0.2, 0.25) is 0 Å². The predicted octanol–water partition coefficient (Wildman–Crippen LogP) is 2.07. The molecule has 0 aliphatic rings. The molecule has 2 N–H and O–H groups in total. The minimum Gasteiger partial charge on any atom is -0.480 e. The first-order chi connectivity index (χ1) is 13.9. The molecule has 1 atom stereocenters. The van der Waals surface area contributed by atoms with E-state index in [4.69, 9.17) is 14.2 Å². The molecule has 0 fully saturated rings. The molecule has 0 aliphatic heterocycles. The highest BCUT2D eigenvalue weighted by atomic mass is 16.6. The van der Waals surface area contributed by atoms with Gasteiger partial charge in [0.25, 0.3) is 12.9 Å². The standard InChI is InChI=1S/C20H19NO8/c1-20(18(24)25,21-19(26)27-11-14-5-3-2-4-6-14)10-15-7-8-16(28-12-22)17(9-15)29-13-23/h2-9,12-13H,10-11H2,1H3,(H,21,26)(H,24,25)/t20-/m0/s1. The highest BCUT2D eigenvalue weighted by Gasteiger charge is 2.36. The molecule has 9 heteroatoms. The topological polar surface area (TPSA) is 128 Å². The second-order valence-electron chi connectivity index (χ2n) is 6.21. The predicted molar refractivity (Wildman–Crippen MR) is 99.3 cm³/mol. The van der Waals surface area contributed by atoms with Crippen LogP contribution in [0.4, 0.5) is 4.79 Å². The van der Waals surface area contributed by atoms with Crippen LogP contribution in [0.3, 0.4) is 0 Å². The summed E-state index contributed by atoms with van der Waals surface area (Å²) in [4.78, 5) is 45.0. The molecule has 152 valence electrons. The number of benzene rings is 2. The minimum atomic E-state index is -1.71. The Morgan fingerprint density at radius 3 is 2.28 bits per heavy atom. The van der Waals surface area contributed by atoms with Crippen molar-refractivity contribution < 1.29 is 38.5 Å². The van der Waals surface area contributed by atoms with E-state index < -0.39 is 17.6 Å². The first-order valence-corrected chi connectivity index (χ1v) is 8.44. The average molecular weight is 401 g/mol. The highest BCUT2D eigenvalue weighted by molar-refractivity contribution is 5.84. The second-order valence-corrected chi connectivity index (χ2v) is 6.21. The van der Waals surface area contributed by atoms with Gasteiger partial charge in [-0.15, -0.1) is 0 Å². The van der Waals surface area contributed by atoms with Crippen LogP contribution in [0.5, 0.6) is 11.5 Å². The number of rotatable bonds is 10. The molecular weight excluding hydrogens is 382 g/mol. The summed E-state index contributed by atoms with van der Waals surface area (Å²) in [5.74, 6) is -1.37. The highest BCUT2D eigenvalue weighted by Crippen LogP contribution is 2.29. The molecule has 2 aromatic carbocycles.